The third kappa shape index (κ3) is 2.23. The Morgan fingerprint density at radius 3 is 2.52 bits per heavy atom. The summed E-state index contributed by atoms with van der Waals surface area (Å²) in [5.74, 6) is 2.54. The second-order valence-electron chi connectivity index (χ2n) is 10.1. The predicted molar refractivity (Wildman–Crippen MR) is 97.7 cm³/mol. The summed E-state index contributed by atoms with van der Waals surface area (Å²) in [7, 11) is 0. The van der Waals surface area contributed by atoms with Crippen LogP contribution in [-0.2, 0) is 9.53 Å². The zero-order chi connectivity index (χ0) is 17.4. The lowest BCUT2D eigenvalue weighted by Crippen LogP contribution is -2.52. The summed E-state index contributed by atoms with van der Waals surface area (Å²) in [5, 5.41) is 0. The highest BCUT2D eigenvalue weighted by Crippen LogP contribution is 2.66. The van der Waals surface area contributed by atoms with Gasteiger partial charge in [0.05, 0.1) is 17.9 Å². The smallest absolute Gasteiger partial charge is 0.178 e. The van der Waals surface area contributed by atoms with Crippen LogP contribution in [0, 0.1) is 28.6 Å². The van der Waals surface area contributed by atoms with E-state index >= 15 is 0 Å². The van der Waals surface area contributed by atoms with Crippen LogP contribution in [-0.4, -0.2) is 18.0 Å². The third-order valence-corrected chi connectivity index (χ3v) is 8.96. The summed E-state index contributed by atoms with van der Waals surface area (Å²) in [5.41, 5.74) is 8.77. The Bertz CT molecular complexity index is 636. The highest BCUT2D eigenvalue weighted by molar-refractivity contribution is 5.96. The molecule has 4 saturated carbocycles. The van der Waals surface area contributed by atoms with E-state index in [1.54, 1.807) is 0 Å². The molecule has 0 heterocycles. The van der Waals surface area contributed by atoms with Crippen LogP contribution >= 0.6 is 0 Å². The summed E-state index contributed by atoms with van der Waals surface area (Å²) < 4.78 is 6.46. The molecule has 5 rings (SSSR count). The number of nitrogens with two attached hydrogens (primary N) is 1. The van der Waals surface area contributed by atoms with Crippen molar-refractivity contribution in [1.29, 1.82) is 0 Å². The van der Waals surface area contributed by atoms with Gasteiger partial charge in [0, 0.05) is 6.42 Å². The van der Waals surface area contributed by atoms with Gasteiger partial charge in [-0.05, 0) is 91.9 Å². The second-order valence-corrected chi connectivity index (χ2v) is 10.1. The van der Waals surface area contributed by atoms with Crippen molar-refractivity contribution in [2.24, 2.45) is 34.3 Å². The van der Waals surface area contributed by atoms with Crippen molar-refractivity contribution in [3.8, 4) is 0 Å². The van der Waals surface area contributed by atoms with E-state index < -0.39 is 0 Å². The fourth-order valence-corrected chi connectivity index (χ4v) is 7.37. The van der Waals surface area contributed by atoms with Crippen molar-refractivity contribution in [2.75, 3.05) is 0 Å². The summed E-state index contributed by atoms with van der Waals surface area (Å²) in [6.45, 7) is 4.95. The number of ketones is 1. The van der Waals surface area contributed by atoms with E-state index in [2.05, 4.69) is 13.8 Å². The van der Waals surface area contributed by atoms with Crippen molar-refractivity contribution in [3.63, 3.8) is 0 Å². The van der Waals surface area contributed by atoms with E-state index in [-0.39, 0.29) is 11.2 Å². The van der Waals surface area contributed by atoms with Crippen LogP contribution in [0.2, 0.25) is 0 Å². The van der Waals surface area contributed by atoms with E-state index in [1.807, 2.05) is 0 Å². The maximum Gasteiger partial charge on any atom is 0.178 e. The molecule has 4 fully saturated rings. The number of fused-ring (bicyclic) bond motifs is 5. The zero-order valence-corrected chi connectivity index (χ0v) is 15.9. The Hall–Kier alpha value is -0.830. The van der Waals surface area contributed by atoms with Gasteiger partial charge in [-0.15, -0.1) is 0 Å². The van der Waals surface area contributed by atoms with Gasteiger partial charge >= 0.3 is 0 Å². The van der Waals surface area contributed by atoms with E-state index in [9.17, 15) is 4.79 Å². The van der Waals surface area contributed by atoms with Crippen LogP contribution in [0.1, 0.15) is 78.1 Å². The maximum absolute atomic E-state index is 12.1. The van der Waals surface area contributed by atoms with Gasteiger partial charge in [-0.2, -0.15) is 0 Å². The lowest BCUT2D eigenvalue weighted by molar-refractivity contribution is -0.120. The number of hydrogen-bond donors (Lipinski definition) is 1. The standard InChI is InChI=1S/C22H33NO2/c1-21-12-10-18(24)20(23)17(21)6-5-14-15-7-8-19(25-13-3-4-13)22(15,2)11-9-16(14)21/h13-16,19H,3-12,23H2,1-2H3/t14-,15-,16+,19?,21+,22-/m0/s1. The summed E-state index contributed by atoms with van der Waals surface area (Å²) >= 11 is 0. The Labute approximate surface area is 151 Å². The van der Waals surface area contributed by atoms with Gasteiger partial charge < -0.3 is 10.5 Å². The lowest BCUT2D eigenvalue weighted by Gasteiger charge is -2.58. The molecule has 2 N–H and O–H groups in total. The van der Waals surface area contributed by atoms with Crippen molar-refractivity contribution >= 4 is 5.78 Å². The molecule has 0 aromatic heterocycles. The number of hydrogen-bond acceptors (Lipinski definition) is 3. The SMILES string of the molecule is C[C@]12CCC(=O)C(N)=C1CC[C@@H]1[C@H]2CC[C@]2(C)C(OC3CC3)CC[C@@H]12. The van der Waals surface area contributed by atoms with Crippen LogP contribution in [0.4, 0.5) is 0 Å². The largest absolute Gasteiger partial charge is 0.396 e. The van der Waals surface area contributed by atoms with Crippen LogP contribution < -0.4 is 5.73 Å². The van der Waals surface area contributed by atoms with Crippen molar-refractivity contribution in [1.82, 2.24) is 0 Å². The quantitative estimate of drug-likeness (QED) is 0.811. The van der Waals surface area contributed by atoms with Crippen LogP contribution in [0.5, 0.6) is 0 Å². The summed E-state index contributed by atoms with van der Waals surface area (Å²) in [6.07, 6.45) is 12.8. The predicted octanol–water partition coefficient (Wildman–Crippen LogP) is 4.35. The van der Waals surface area contributed by atoms with E-state index in [1.165, 1.54) is 50.5 Å². The summed E-state index contributed by atoms with van der Waals surface area (Å²) in [6, 6.07) is 0. The fraction of sp³-hybridized carbons (Fsp3) is 0.864. The Morgan fingerprint density at radius 2 is 1.76 bits per heavy atom. The number of Topliss-reactive ketones (excluding diaryl/α,β-unsaturated/α-hetero) is 1. The number of allylic oxidation sites excluding steroid dienone is 1. The average molecular weight is 344 g/mol. The number of ether oxygens (including phenoxy) is 1. The molecule has 0 saturated heterocycles. The zero-order valence-electron chi connectivity index (χ0n) is 15.9. The molecule has 138 valence electrons. The normalized spacial score (nSPS) is 49.6. The van der Waals surface area contributed by atoms with Crippen molar-refractivity contribution in [3.05, 3.63) is 11.3 Å². The number of rotatable bonds is 2. The summed E-state index contributed by atoms with van der Waals surface area (Å²) in [4.78, 5) is 12.1. The second kappa shape index (κ2) is 5.34. The molecule has 0 bridgehead atoms. The average Bonchev–Trinajstić information content (AvgIpc) is 3.34. The lowest BCUT2D eigenvalue weighted by atomic mass is 9.47. The first-order chi connectivity index (χ1) is 11.9. The molecule has 6 atom stereocenters. The first-order valence-electron chi connectivity index (χ1n) is 10.6. The monoisotopic (exact) mass is 343 g/mol. The van der Waals surface area contributed by atoms with Gasteiger partial charge in [-0.25, -0.2) is 0 Å². The molecular weight excluding hydrogens is 310 g/mol. The molecule has 3 heteroatoms. The Morgan fingerprint density at radius 1 is 0.960 bits per heavy atom. The van der Waals surface area contributed by atoms with E-state index in [0.717, 1.165) is 30.6 Å². The van der Waals surface area contributed by atoms with E-state index in [0.29, 0.717) is 29.7 Å². The first kappa shape index (κ1) is 16.4. The molecular formula is C22H33NO2. The molecule has 0 aromatic carbocycles. The van der Waals surface area contributed by atoms with Crippen molar-refractivity contribution in [2.45, 2.75) is 90.3 Å². The fourth-order valence-electron chi connectivity index (χ4n) is 7.37. The molecule has 3 nitrogen and oxygen atoms in total. The van der Waals surface area contributed by atoms with Gasteiger partial charge in [0.25, 0.3) is 0 Å². The molecule has 0 aromatic rings. The topological polar surface area (TPSA) is 52.3 Å². The van der Waals surface area contributed by atoms with Crippen LogP contribution in [0.15, 0.2) is 11.3 Å². The molecule has 0 amide bonds. The number of carbonyl (C=O) groups excluding carboxylic acids is 1. The minimum Gasteiger partial charge on any atom is -0.396 e. The molecule has 1 unspecified atom stereocenters. The molecule has 0 radical (unpaired) electrons. The first-order valence-corrected chi connectivity index (χ1v) is 10.6. The molecule has 25 heavy (non-hydrogen) atoms. The Balaban J connectivity index is 1.44. The molecule has 0 aliphatic heterocycles. The van der Waals surface area contributed by atoms with Gasteiger partial charge in [-0.1, -0.05) is 13.8 Å². The van der Waals surface area contributed by atoms with Crippen LogP contribution in [0.3, 0.4) is 0 Å². The molecule has 5 aliphatic carbocycles. The Kier molecular flexibility index (Phi) is 3.49. The molecule has 0 spiro atoms. The highest BCUT2D eigenvalue weighted by Gasteiger charge is 2.60. The third-order valence-electron chi connectivity index (χ3n) is 8.96. The van der Waals surface area contributed by atoms with Gasteiger partial charge in [0.1, 0.15) is 0 Å². The molecule has 5 aliphatic rings. The van der Waals surface area contributed by atoms with Gasteiger partial charge in [0.15, 0.2) is 5.78 Å². The van der Waals surface area contributed by atoms with E-state index in [4.69, 9.17) is 10.5 Å². The minimum atomic E-state index is 0.178. The van der Waals surface area contributed by atoms with Gasteiger partial charge in [-0.3, -0.25) is 4.79 Å². The highest BCUT2D eigenvalue weighted by atomic mass is 16.5. The number of carbonyl (C=O) groups is 1. The minimum absolute atomic E-state index is 0.178. The van der Waals surface area contributed by atoms with Gasteiger partial charge in [0.2, 0.25) is 0 Å². The van der Waals surface area contributed by atoms with Crippen molar-refractivity contribution < 1.29 is 9.53 Å². The van der Waals surface area contributed by atoms with Crippen LogP contribution in [0.25, 0.3) is 0 Å². The maximum atomic E-state index is 12.1.